The van der Waals surface area contributed by atoms with Crippen LogP contribution in [0.5, 0.6) is 5.88 Å². The smallest absolute Gasteiger partial charge is 0.259 e. The van der Waals surface area contributed by atoms with Gasteiger partial charge in [-0.3, -0.25) is 4.79 Å². The summed E-state index contributed by atoms with van der Waals surface area (Å²) in [7, 11) is 3.25. The number of nitrogens with zero attached hydrogens (tertiary/aromatic N) is 2. The van der Waals surface area contributed by atoms with Crippen molar-refractivity contribution in [3.05, 3.63) is 23.9 Å². The molecule has 6 heteroatoms. The summed E-state index contributed by atoms with van der Waals surface area (Å²) in [5.74, 6) is 0.342. The van der Waals surface area contributed by atoms with E-state index in [2.05, 4.69) is 4.98 Å². The van der Waals surface area contributed by atoms with E-state index in [0.29, 0.717) is 31.1 Å². The van der Waals surface area contributed by atoms with Crippen LogP contribution in [-0.4, -0.2) is 62.4 Å². The summed E-state index contributed by atoms with van der Waals surface area (Å²) in [4.78, 5) is 18.9. The average Bonchev–Trinajstić information content (AvgIpc) is 2.60. The molecule has 23 heavy (non-hydrogen) atoms. The number of methoxy groups -OCH3 is 2. The summed E-state index contributed by atoms with van der Waals surface area (Å²) in [6, 6.07) is 3.53. The Morgan fingerprint density at radius 2 is 2.39 bits per heavy atom. The van der Waals surface area contributed by atoms with Gasteiger partial charge in [-0.1, -0.05) is 0 Å². The van der Waals surface area contributed by atoms with Gasteiger partial charge in [0.15, 0.2) is 0 Å². The highest BCUT2D eigenvalue weighted by molar-refractivity contribution is 5.96. The predicted molar refractivity (Wildman–Crippen MR) is 84.6 cm³/mol. The molecule has 1 aromatic rings. The molecule has 2 aliphatic heterocycles. The van der Waals surface area contributed by atoms with E-state index in [-0.39, 0.29) is 17.4 Å². The molecule has 0 aromatic carbocycles. The SMILES string of the molecule is COC[C@@]12CCCO[C@H]1CCN(C(=O)c1cccnc1OC)C2. The third-order valence-electron chi connectivity index (χ3n) is 4.90. The lowest BCUT2D eigenvalue weighted by atomic mass is 9.73. The molecule has 2 fully saturated rings. The lowest BCUT2D eigenvalue weighted by Gasteiger charge is -2.50. The third kappa shape index (κ3) is 3.05. The van der Waals surface area contributed by atoms with Crippen LogP contribution in [0.2, 0.25) is 0 Å². The normalized spacial score (nSPS) is 27.4. The summed E-state index contributed by atoms with van der Waals surface area (Å²) >= 11 is 0. The maximum absolute atomic E-state index is 12.9. The highest BCUT2D eigenvalue weighted by Gasteiger charge is 2.47. The zero-order valence-corrected chi connectivity index (χ0v) is 13.8. The fourth-order valence-corrected chi connectivity index (χ4v) is 3.85. The fraction of sp³-hybridized carbons (Fsp3) is 0.647. The van der Waals surface area contributed by atoms with Crippen molar-refractivity contribution in [3.63, 3.8) is 0 Å². The first-order valence-electron chi connectivity index (χ1n) is 8.09. The molecule has 0 bridgehead atoms. The van der Waals surface area contributed by atoms with Crippen molar-refractivity contribution in [1.82, 2.24) is 9.88 Å². The molecule has 0 N–H and O–H groups in total. The topological polar surface area (TPSA) is 60.9 Å². The summed E-state index contributed by atoms with van der Waals surface area (Å²) in [5.41, 5.74) is 0.411. The van der Waals surface area contributed by atoms with Crippen molar-refractivity contribution in [2.45, 2.75) is 25.4 Å². The number of likely N-dealkylation sites (tertiary alicyclic amines) is 1. The highest BCUT2D eigenvalue weighted by Crippen LogP contribution is 2.40. The number of aromatic nitrogens is 1. The quantitative estimate of drug-likeness (QED) is 0.846. The zero-order valence-electron chi connectivity index (χ0n) is 13.8. The van der Waals surface area contributed by atoms with Gasteiger partial charge in [-0.2, -0.15) is 0 Å². The second kappa shape index (κ2) is 6.84. The number of pyridine rings is 1. The maximum atomic E-state index is 12.9. The highest BCUT2D eigenvalue weighted by atomic mass is 16.5. The van der Waals surface area contributed by atoms with Crippen molar-refractivity contribution in [3.8, 4) is 5.88 Å². The second-order valence-electron chi connectivity index (χ2n) is 6.33. The van der Waals surface area contributed by atoms with Crippen molar-refractivity contribution in [2.24, 2.45) is 5.41 Å². The molecule has 0 saturated carbocycles. The Hall–Kier alpha value is -1.66. The monoisotopic (exact) mass is 320 g/mol. The van der Waals surface area contributed by atoms with Crippen molar-refractivity contribution in [2.75, 3.05) is 40.5 Å². The van der Waals surface area contributed by atoms with Gasteiger partial charge in [0.25, 0.3) is 5.91 Å². The number of hydrogen-bond acceptors (Lipinski definition) is 5. The summed E-state index contributed by atoms with van der Waals surface area (Å²) in [6.07, 6.45) is 4.69. The van der Waals surface area contributed by atoms with E-state index >= 15 is 0 Å². The van der Waals surface area contributed by atoms with Gasteiger partial charge in [-0.25, -0.2) is 4.98 Å². The summed E-state index contributed by atoms with van der Waals surface area (Å²) in [5, 5.41) is 0. The van der Waals surface area contributed by atoms with Crippen molar-refractivity contribution >= 4 is 5.91 Å². The number of ether oxygens (including phenoxy) is 3. The fourth-order valence-electron chi connectivity index (χ4n) is 3.85. The number of carbonyl (C=O) groups is 1. The first-order valence-corrected chi connectivity index (χ1v) is 8.09. The van der Waals surface area contributed by atoms with Crippen LogP contribution < -0.4 is 4.74 Å². The first kappa shape index (κ1) is 16.2. The van der Waals surface area contributed by atoms with Crippen LogP contribution in [0.1, 0.15) is 29.6 Å². The van der Waals surface area contributed by atoms with E-state index in [0.717, 1.165) is 25.9 Å². The molecule has 2 saturated heterocycles. The number of fused-ring (bicyclic) bond motifs is 1. The predicted octanol–water partition coefficient (Wildman–Crippen LogP) is 1.75. The lowest BCUT2D eigenvalue weighted by molar-refractivity contribution is -0.142. The molecule has 1 amide bonds. The van der Waals surface area contributed by atoms with Gasteiger partial charge < -0.3 is 19.1 Å². The Labute approximate surface area is 136 Å². The Morgan fingerprint density at radius 1 is 1.52 bits per heavy atom. The standard InChI is InChI=1S/C17H24N2O4/c1-21-12-17-7-4-10-23-14(17)6-9-19(11-17)16(20)13-5-3-8-18-15(13)22-2/h3,5,8,14H,4,6-7,9-12H2,1-2H3/t14-,17-/m0/s1. The molecular weight excluding hydrogens is 296 g/mol. The minimum Gasteiger partial charge on any atom is -0.480 e. The van der Waals surface area contributed by atoms with Crippen molar-refractivity contribution in [1.29, 1.82) is 0 Å². The van der Waals surface area contributed by atoms with Crippen LogP contribution in [-0.2, 0) is 9.47 Å². The molecule has 3 heterocycles. The van der Waals surface area contributed by atoms with E-state index in [1.54, 1.807) is 25.4 Å². The molecular formula is C17H24N2O4. The number of carbonyl (C=O) groups excluding carboxylic acids is 1. The first-order chi connectivity index (χ1) is 11.2. The molecule has 0 spiro atoms. The molecule has 2 aliphatic rings. The molecule has 0 aliphatic carbocycles. The van der Waals surface area contributed by atoms with Crippen LogP contribution in [0.3, 0.4) is 0 Å². The Morgan fingerprint density at radius 3 is 3.17 bits per heavy atom. The van der Waals surface area contributed by atoms with Gasteiger partial charge >= 0.3 is 0 Å². The zero-order chi connectivity index (χ0) is 16.3. The molecule has 6 nitrogen and oxygen atoms in total. The molecule has 3 rings (SSSR count). The lowest BCUT2D eigenvalue weighted by Crippen LogP contribution is -2.58. The van der Waals surface area contributed by atoms with Gasteiger partial charge in [-0.15, -0.1) is 0 Å². The van der Waals surface area contributed by atoms with Crippen LogP contribution in [0, 0.1) is 5.41 Å². The Bertz CT molecular complexity index is 561. The van der Waals surface area contributed by atoms with Crippen LogP contribution in [0.15, 0.2) is 18.3 Å². The van der Waals surface area contributed by atoms with E-state index in [1.165, 1.54) is 7.11 Å². The minimum atomic E-state index is -0.101. The molecule has 0 radical (unpaired) electrons. The van der Waals surface area contributed by atoms with Crippen molar-refractivity contribution < 1.29 is 19.0 Å². The number of amides is 1. The average molecular weight is 320 g/mol. The van der Waals surface area contributed by atoms with Gasteiger partial charge in [-0.05, 0) is 31.4 Å². The van der Waals surface area contributed by atoms with Crippen LogP contribution in [0.25, 0.3) is 0 Å². The largest absolute Gasteiger partial charge is 0.480 e. The van der Waals surface area contributed by atoms with Gasteiger partial charge in [0.05, 0.1) is 19.8 Å². The molecule has 2 atom stereocenters. The van der Waals surface area contributed by atoms with Crippen LogP contribution >= 0.6 is 0 Å². The van der Waals surface area contributed by atoms with Gasteiger partial charge in [0.2, 0.25) is 5.88 Å². The molecule has 126 valence electrons. The van der Waals surface area contributed by atoms with Gasteiger partial charge in [0, 0.05) is 38.4 Å². The molecule has 1 aromatic heterocycles. The van der Waals surface area contributed by atoms with Gasteiger partial charge in [0.1, 0.15) is 5.56 Å². The Kier molecular flexibility index (Phi) is 4.82. The number of rotatable bonds is 4. The number of piperidine rings is 1. The number of hydrogen-bond donors (Lipinski definition) is 0. The van der Waals surface area contributed by atoms with E-state index in [1.807, 2.05) is 4.90 Å². The third-order valence-corrected chi connectivity index (χ3v) is 4.90. The van der Waals surface area contributed by atoms with E-state index in [9.17, 15) is 4.79 Å². The molecule has 0 unspecified atom stereocenters. The maximum Gasteiger partial charge on any atom is 0.259 e. The second-order valence-corrected chi connectivity index (χ2v) is 6.33. The van der Waals surface area contributed by atoms with E-state index < -0.39 is 0 Å². The van der Waals surface area contributed by atoms with Crippen LogP contribution in [0.4, 0.5) is 0 Å². The Balaban J connectivity index is 1.82. The summed E-state index contributed by atoms with van der Waals surface area (Å²) < 4.78 is 16.7. The van der Waals surface area contributed by atoms with E-state index in [4.69, 9.17) is 14.2 Å². The summed E-state index contributed by atoms with van der Waals surface area (Å²) in [6.45, 7) is 2.77. The minimum absolute atomic E-state index is 0.0329.